The first kappa shape index (κ1) is 15.5. The fourth-order valence-corrected chi connectivity index (χ4v) is 3.07. The van der Waals surface area contributed by atoms with E-state index in [0.29, 0.717) is 24.0 Å². The Morgan fingerprint density at radius 1 is 1.44 bits per heavy atom. The molecule has 0 unspecified atom stereocenters. The fourth-order valence-electron chi connectivity index (χ4n) is 1.57. The van der Waals surface area contributed by atoms with Crippen molar-refractivity contribution in [3.8, 4) is 0 Å². The van der Waals surface area contributed by atoms with Crippen LogP contribution in [0.4, 0.5) is 0 Å². The highest BCUT2D eigenvalue weighted by Crippen LogP contribution is 2.24. The van der Waals surface area contributed by atoms with Crippen molar-refractivity contribution >= 4 is 21.6 Å². The summed E-state index contributed by atoms with van der Waals surface area (Å²) >= 11 is 5.64. The van der Waals surface area contributed by atoms with Crippen LogP contribution in [0.3, 0.4) is 0 Å². The van der Waals surface area contributed by atoms with Crippen LogP contribution in [0.15, 0.2) is 15.4 Å². The van der Waals surface area contributed by atoms with Crippen LogP contribution in [0, 0.1) is 12.8 Å². The van der Waals surface area contributed by atoms with E-state index >= 15 is 0 Å². The monoisotopic (exact) mass is 293 g/mol. The van der Waals surface area contributed by atoms with Gasteiger partial charge in [0.15, 0.2) is 0 Å². The minimum Gasteiger partial charge on any atom is -0.464 e. The van der Waals surface area contributed by atoms with Gasteiger partial charge in [-0.3, -0.25) is 0 Å². The Labute approximate surface area is 114 Å². The SMILES string of the molecule is Cc1oc(CCl)cc1S(=O)(=O)N(C)CCC(C)C. The smallest absolute Gasteiger partial charge is 0.246 e. The highest BCUT2D eigenvalue weighted by molar-refractivity contribution is 7.89. The summed E-state index contributed by atoms with van der Waals surface area (Å²) in [4.78, 5) is 0.212. The number of nitrogens with zero attached hydrogens (tertiary/aromatic N) is 1. The van der Waals surface area contributed by atoms with Crippen LogP contribution < -0.4 is 0 Å². The highest BCUT2D eigenvalue weighted by Gasteiger charge is 2.25. The molecule has 0 N–H and O–H groups in total. The molecule has 104 valence electrons. The lowest BCUT2D eigenvalue weighted by molar-refractivity contribution is 0.425. The maximum absolute atomic E-state index is 12.3. The summed E-state index contributed by atoms with van der Waals surface area (Å²) in [6.45, 7) is 6.27. The topological polar surface area (TPSA) is 50.5 Å². The molecule has 6 heteroatoms. The Morgan fingerprint density at radius 2 is 2.06 bits per heavy atom. The molecular weight excluding hydrogens is 274 g/mol. The molecule has 18 heavy (non-hydrogen) atoms. The molecule has 0 saturated carbocycles. The summed E-state index contributed by atoms with van der Waals surface area (Å²) in [5.74, 6) is 1.50. The molecule has 4 nitrogen and oxygen atoms in total. The number of halogens is 1. The van der Waals surface area contributed by atoms with Crippen molar-refractivity contribution in [2.75, 3.05) is 13.6 Å². The molecule has 0 radical (unpaired) electrons. The molecule has 0 aliphatic carbocycles. The summed E-state index contributed by atoms with van der Waals surface area (Å²) in [6, 6.07) is 1.50. The highest BCUT2D eigenvalue weighted by atomic mass is 35.5. The van der Waals surface area contributed by atoms with Crippen LogP contribution in [-0.2, 0) is 15.9 Å². The third kappa shape index (κ3) is 3.49. The number of hydrogen-bond acceptors (Lipinski definition) is 3. The molecule has 1 aromatic heterocycles. The van der Waals surface area contributed by atoms with Gasteiger partial charge in [0.25, 0.3) is 0 Å². The first-order chi connectivity index (χ1) is 8.28. The maximum atomic E-state index is 12.3. The van der Waals surface area contributed by atoms with E-state index < -0.39 is 10.0 Å². The van der Waals surface area contributed by atoms with Crippen LogP contribution >= 0.6 is 11.6 Å². The number of aryl methyl sites for hydroxylation is 1. The van der Waals surface area contributed by atoms with E-state index in [0.717, 1.165) is 6.42 Å². The van der Waals surface area contributed by atoms with Gasteiger partial charge in [0.05, 0.1) is 5.88 Å². The van der Waals surface area contributed by atoms with E-state index in [1.165, 1.54) is 10.4 Å². The van der Waals surface area contributed by atoms with Gasteiger partial charge in [-0.15, -0.1) is 11.6 Å². The largest absolute Gasteiger partial charge is 0.464 e. The Morgan fingerprint density at radius 3 is 2.50 bits per heavy atom. The van der Waals surface area contributed by atoms with Crippen molar-refractivity contribution in [1.82, 2.24) is 4.31 Å². The van der Waals surface area contributed by atoms with E-state index in [9.17, 15) is 8.42 Å². The zero-order valence-electron chi connectivity index (χ0n) is 11.2. The minimum atomic E-state index is -3.47. The molecule has 0 aliphatic rings. The second kappa shape index (κ2) is 6.08. The van der Waals surface area contributed by atoms with E-state index in [-0.39, 0.29) is 10.8 Å². The molecule has 0 atom stereocenters. The summed E-state index contributed by atoms with van der Waals surface area (Å²) in [6.07, 6.45) is 0.828. The third-order valence-electron chi connectivity index (χ3n) is 2.76. The van der Waals surface area contributed by atoms with Crippen molar-refractivity contribution in [2.45, 2.75) is 38.0 Å². The lowest BCUT2D eigenvalue weighted by Gasteiger charge is -2.17. The first-order valence-corrected chi connectivity index (χ1v) is 7.88. The van der Waals surface area contributed by atoms with Gasteiger partial charge in [-0.1, -0.05) is 13.8 Å². The number of hydrogen-bond donors (Lipinski definition) is 0. The summed E-state index contributed by atoms with van der Waals surface area (Å²) in [7, 11) is -1.89. The average Bonchev–Trinajstić information content (AvgIpc) is 2.67. The zero-order valence-corrected chi connectivity index (χ0v) is 12.8. The molecular formula is C12H20ClNO3S. The summed E-state index contributed by atoms with van der Waals surface area (Å²) < 4.78 is 31.3. The standard InChI is InChI=1S/C12H20ClNO3S/c1-9(2)5-6-14(4)18(15,16)12-7-11(8-13)17-10(12)3/h7,9H,5-6,8H2,1-4H3. The van der Waals surface area contributed by atoms with Gasteiger partial charge < -0.3 is 4.42 Å². The Bertz CT molecular complexity index is 493. The molecule has 1 heterocycles. The normalized spacial score (nSPS) is 12.6. The van der Waals surface area contributed by atoms with E-state index in [1.54, 1.807) is 14.0 Å². The van der Waals surface area contributed by atoms with Crippen molar-refractivity contribution < 1.29 is 12.8 Å². The molecule has 0 bridgehead atoms. The molecule has 0 spiro atoms. The number of rotatable bonds is 6. The number of furan rings is 1. The quantitative estimate of drug-likeness (QED) is 0.758. The molecule has 0 aromatic carbocycles. The van der Waals surface area contributed by atoms with Crippen molar-refractivity contribution in [2.24, 2.45) is 5.92 Å². The van der Waals surface area contributed by atoms with Crippen molar-refractivity contribution in [3.05, 3.63) is 17.6 Å². The van der Waals surface area contributed by atoms with Crippen LogP contribution in [0.1, 0.15) is 31.8 Å². The summed E-state index contributed by atoms with van der Waals surface area (Å²) in [5.41, 5.74) is 0. The molecule has 0 saturated heterocycles. The number of sulfonamides is 1. The van der Waals surface area contributed by atoms with Gasteiger partial charge in [-0.25, -0.2) is 12.7 Å². The molecule has 1 aromatic rings. The van der Waals surface area contributed by atoms with E-state index in [2.05, 4.69) is 13.8 Å². The van der Waals surface area contributed by atoms with Crippen molar-refractivity contribution in [3.63, 3.8) is 0 Å². The van der Waals surface area contributed by atoms with Gasteiger partial charge in [-0.05, 0) is 19.3 Å². The van der Waals surface area contributed by atoms with Crippen molar-refractivity contribution in [1.29, 1.82) is 0 Å². The molecule has 1 rings (SSSR count). The lowest BCUT2D eigenvalue weighted by Crippen LogP contribution is -2.28. The average molecular weight is 294 g/mol. The molecule has 0 aliphatic heterocycles. The fraction of sp³-hybridized carbons (Fsp3) is 0.667. The second-order valence-electron chi connectivity index (χ2n) is 4.78. The Hall–Kier alpha value is -0.520. The van der Waals surface area contributed by atoms with Gasteiger partial charge >= 0.3 is 0 Å². The van der Waals surface area contributed by atoms with E-state index in [1.807, 2.05) is 0 Å². The van der Waals surface area contributed by atoms with Gasteiger partial charge in [0.1, 0.15) is 16.4 Å². The van der Waals surface area contributed by atoms with Gasteiger partial charge in [0, 0.05) is 19.7 Å². The van der Waals surface area contributed by atoms with E-state index in [4.69, 9.17) is 16.0 Å². The van der Waals surface area contributed by atoms with Gasteiger partial charge in [-0.2, -0.15) is 0 Å². The predicted octanol–water partition coefficient (Wildman–Crippen LogP) is 2.99. The molecule has 0 fully saturated rings. The number of alkyl halides is 1. The zero-order chi connectivity index (χ0) is 13.9. The maximum Gasteiger partial charge on any atom is 0.246 e. The Balaban J connectivity index is 2.94. The first-order valence-electron chi connectivity index (χ1n) is 5.90. The van der Waals surface area contributed by atoms with Crippen LogP contribution in [0.5, 0.6) is 0 Å². The Kier molecular flexibility index (Phi) is 5.25. The minimum absolute atomic E-state index is 0.173. The second-order valence-corrected chi connectivity index (χ2v) is 7.06. The van der Waals surface area contributed by atoms with Gasteiger partial charge in [0.2, 0.25) is 10.0 Å². The predicted molar refractivity (Wildman–Crippen MR) is 72.3 cm³/mol. The molecule has 0 amide bonds. The van der Waals surface area contributed by atoms with Crippen LogP contribution in [-0.4, -0.2) is 26.3 Å². The third-order valence-corrected chi connectivity index (χ3v) is 4.99. The van der Waals surface area contributed by atoms with Crippen LogP contribution in [0.25, 0.3) is 0 Å². The lowest BCUT2D eigenvalue weighted by atomic mass is 10.1. The summed E-state index contributed by atoms with van der Waals surface area (Å²) in [5, 5.41) is 0. The van der Waals surface area contributed by atoms with Crippen LogP contribution in [0.2, 0.25) is 0 Å².